The summed E-state index contributed by atoms with van der Waals surface area (Å²) >= 11 is -6.31. The van der Waals surface area contributed by atoms with E-state index in [9.17, 15) is 18.3 Å². The van der Waals surface area contributed by atoms with Crippen LogP contribution in [-0.2, 0) is 35.9 Å². The molecule has 6 atom stereocenters. The summed E-state index contributed by atoms with van der Waals surface area (Å²) < 4.78 is 87.0. The molecule has 6 unspecified atom stereocenters. The number of rotatable bonds is 10. The maximum atomic E-state index is 17.4. The Morgan fingerprint density at radius 3 is 0.978 bits per heavy atom. The Morgan fingerprint density at radius 2 is 0.689 bits per heavy atom. The summed E-state index contributed by atoms with van der Waals surface area (Å²) in [6.45, 7) is 0. The molecule has 45 heavy (non-hydrogen) atoms. The van der Waals surface area contributed by atoms with Crippen molar-refractivity contribution < 1.29 is 42.1 Å². The third-order valence-corrected chi connectivity index (χ3v) is 20.1. The van der Waals surface area contributed by atoms with E-state index in [0.717, 1.165) is 0 Å². The zero-order chi connectivity index (χ0) is 31.6. The van der Waals surface area contributed by atoms with E-state index in [-0.39, 0.29) is 21.3 Å². The molecule has 6 rings (SSSR count). The van der Waals surface area contributed by atoms with Crippen molar-refractivity contribution in [1.82, 2.24) is 0 Å². The monoisotopic (exact) mass is 712 g/mol. The van der Waals surface area contributed by atoms with Crippen LogP contribution >= 0.6 is 31.2 Å². The molecule has 0 saturated heterocycles. The fourth-order valence-electron chi connectivity index (χ4n) is 5.70. The average Bonchev–Trinajstić information content (AvgIpc) is 3.76. The molecule has 0 radical (unpaired) electrons. The number of halogens is 2. The van der Waals surface area contributed by atoms with Gasteiger partial charge in [-0.2, -0.15) is 0 Å². The van der Waals surface area contributed by atoms with Crippen LogP contribution in [0, 0.1) is 0 Å². The van der Waals surface area contributed by atoms with Gasteiger partial charge in [-0.15, -0.1) is 0 Å². The third kappa shape index (κ3) is 6.75. The van der Waals surface area contributed by atoms with Gasteiger partial charge in [0.05, 0.1) is 0 Å². The van der Waals surface area contributed by atoms with Gasteiger partial charge in [-0.05, 0) is 0 Å². The van der Waals surface area contributed by atoms with Gasteiger partial charge in [0.25, 0.3) is 0 Å². The molecular weight excluding hydrogens is 682 g/mol. The normalized spacial score (nSPS) is 20.8. The second-order valence-electron chi connectivity index (χ2n) is 10.9. The predicted molar refractivity (Wildman–Crippen MR) is 182 cm³/mol. The minimum atomic E-state index is -6.31. The Kier molecular flexibility index (Phi) is 10.0. The van der Waals surface area contributed by atoms with Crippen LogP contribution in [0.5, 0.6) is 0 Å². The Labute approximate surface area is 268 Å². The molecule has 4 aromatic rings. The molecule has 2 aliphatic carbocycles. The molecule has 0 N–H and O–H groups in total. The van der Waals surface area contributed by atoms with E-state index in [0.29, 0.717) is 21.2 Å². The third-order valence-electron chi connectivity index (χ3n) is 8.01. The van der Waals surface area contributed by atoms with Gasteiger partial charge in [-0.25, -0.2) is 0 Å². The van der Waals surface area contributed by atoms with E-state index in [1.807, 2.05) is 0 Å². The Hall–Kier alpha value is -2.67. The number of hydrogen-bond donors (Lipinski definition) is 0. The standard InChI is InChI=1S/2C17H15O2P2.2FH.Ti/c2*18-20(14-7-3-1-4-8-14)16-11-12-17(13-16)21(19)15-9-5-2-6-10-15;;;/h2*1-13,20-21H;2*1H;/q;;;;+2/p-2. The van der Waals surface area contributed by atoms with Crippen LogP contribution in [0.1, 0.15) is 0 Å². The first-order valence-corrected chi connectivity index (χ1v) is 23.0. The molecule has 0 bridgehead atoms. The van der Waals surface area contributed by atoms with Gasteiger partial charge in [0, 0.05) is 0 Å². The van der Waals surface area contributed by atoms with Gasteiger partial charge in [0.1, 0.15) is 0 Å². The van der Waals surface area contributed by atoms with Gasteiger partial charge < -0.3 is 0 Å². The summed E-state index contributed by atoms with van der Waals surface area (Å²) in [5.74, 6) is 0. The van der Waals surface area contributed by atoms with Crippen LogP contribution in [-0.4, -0.2) is 0 Å². The molecule has 4 nitrogen and oxygen atoms in total. The predicted octanol–water partition coefficient (Wildman–Crippen LogP) is 8.59. The first kappa shape index (κ1) is 32.3. The molecule has 0 fully saturated rings. The van der Waals surface area contributed by atoms with Crippen LogP contribution < -0.4 is 21.2 Å². The number of hydrogen-bond acceptors (Lipinski definition) is 4. The van der Waals surface area contributed by atoms with Gasteiger partial charge in [0.15, 0.2) is 0 Å². The Balaban J connectivity index is 1.45. The molecule has 228 valence electrons. The Bertz CT molecular complexity index is 1800. The molecule has 0 saturated carbocycles. The fourth-order valence-corrected chi connectivity index (χ4v) is 18.6. The quantitative estimate of drug-likeness (QED) is 0.122. The Morgan fingerprint density at radius 1 is 0.422 bits per heavy atom. The molecule has 0 aliphatic heterocycles. The molecule has 2 aliphatic rings. The number of benzene rings is 4. The summed E-state index contributed by atoms with van der Waals surface area (Å²) in [6, 6.07) is 34.3. The topological polar surface area (TPSA) is 68.3 Å². The van der Waals surface area contributed by atoms with Crippen molar-refractivity contribution in [3.05, 3.63) is 167 Å². The van der Waals surface area contributed by atoms with Crippen molar-refractivity contribution in [2.24, 2.45) is 0 Å². The van der Waals surface area contributed by atoms with Crippen LogP contribution in [0.25, 0.3) is 0 Å². The number of allylic oxidation sites excluding steroid dienone is 8. The van der Waals surface area contributed by atoms with Gasteiger partial charge >= 0.3 is 270 Å². The fraction of sp³-hybridized carbons (Fsp3) is 0.0588. The van der Waals surface area contributed by atoms with Crippen molar-refractivity contribution in [2.45, 2.75) is 8.45 Å². The zero-order valence-electron chi connectivity index (χ0n) is 23.9. The molecule has 0 aromatic heterocycles. The first-order chi connectivity index (χ1) is 21.8. The maximum absolute atomic E-state index is 17.4. The van der Waals surface area contributed by atoms with Crippen molar-refractivity contribution in [3.8, 4) is 0 Å². The van der Waals surface area contributed by atoms with Crippen molar-refractivity contribution in [2.75, 3.05) is 0 Å². The van der Waals surface area contributed by atoms with Crippen molar-refractivity contribution in [3.63, 3.8) is 0 Å². The van der Waals surface area contributed by atoms with E-state index in [1.54, 1.807) is 121 Å². The van der Waals surface area contributed by atoms with Crippen LogP contribution in [0.3, 0.4) is 0 Å². The first-order valence-electron chi connectivity index (χ1n) is 14.4. The summed E-state index contributed by atoms with van der Waals surface area (Å²) in [6.07, 6.45) is 5.64. The summed E-state index contributed by atoms with van der Waals surface area (Å²) in [7, 11) is -11.1. The van der Waals surface area contributed by atoms with Gasteiger partial charge in [-0.3, -0.25) is 0 Å². The van der Waals surface area contributed by atoms with Crippen molar-refractivity contribution in [1.29, 1.82) is 0 Å². The van der Waals surface area contributed by atoms with E-state index in [4.69, 9.17) is 0 Å². The molecule has 11 heteroatoms. The second-order valence-corrected chi connectivity index (χ2v) is 22.2. The summed E-state index contributed by atoms with van der Waals surface area (Å²) in [5, 5.41) is 2.61. The molecule has 4 aromatic carbocycles. The van der Waals surface area contributed by atoms with Crippen LogP contribution in [0.4, 0.5) is 6.18 Å². The van der Waals surface area contributed by atoms with Crippen molar-refractivity contribution >= 4 is 52.4 Å². The van der Waals surface area contributed by atoms with E-state index < -0.39 is 57.3 Å². The van der Waals surface area contributed by atoms with Crippen LogP contribution in [0.15, 0.2) is 167 Å². The summed E-state index contributed by atoms with van der Waals surface area (Å²) in [5.41, 5.74) is 0. The van der Waals surface area contributed by atoms with E-state index in [2.05, 4.69) is 0 Å². The van der Waals surface area contributed by atoms with Gasteiger partial charge in [-0.1, -0.05) is 0 Å². The second kappa shape index (κ2) is 14.0. The van der Waals surface area contributed by atoms with Gasteiger partial charge in [0.2, 0.25) is 0 Å². The van der Waals surface area contributed by atoms with E-state index >= 15 is 6.18 Å². The van der Waals surface area contributed by atoms with E-state index in [1.165, 1.54) is 24.3 Å². The van der Waals surface area contributed by atoms with Crippen LogP contribution in [0.2, 0.25) is 8.45 Å². The molecule has 0 heterocycles. The average molecular weight is 712 g/mol. The SMILES string of the molecule is O=[PH](C1=C[CH]([Ti]([F])([F])[CH]2C=C([PH](=O)c3ccccc3)C=C2[PH](=O)c2ccccc2)C([PH](=O)c2ccccc2)=C1)c1ccccc1. The minimum absolute atomic E-state index is 0.0803. The zero-order valence-corrected chi connectivity index (χ0v) is 29.5. The molecule has 0 amide bonds. The molecular formula is C34H30F2O4P4Ti. The summed E-state index contributed by atoms with van der Waals surface area (Å²) in [4.78, 5) is 0. The molecule has 0 spiro atoms.